The first-order valence-corrected chi connectivity index (χ1v) is 10.7. The summed E-state index contributed by atoms with van der Waals surface area (Å²) in [6, 6.07) is 4.63. The van der Waals surface area contributed by atoms with Crippen LogP contribution in [0.15, 0.2) is 29.2 Å². The summed E-state index contributed by atoms with van der Waals surface area (Å²) in [6.45, 7) is 4.48. The molecule has 1 aromatic carbocycles. The van der Waals surface area contributed by atoms with E-state index in [0.29, 0.717) is 0 Å². The summed E-state index contributed by atoms with van der Waals surface area (Å²) in [6.07, 6.45) is -5.75. The molecule has 11 nitrogen and oxygen atoms in total. The van der Waals surface area contributed by atoms with Crippen LogP contribution in [0.4, 0.5) is 0 Å². The average Bonchev–Trinajstić information content (AvgIpc) is 2.65. The Balaban J connectivity index is 2.29. The fourth-order valence-corrected chi connectivity index (χ4v) is 3.96. The highest BCUT2D eigenvalue weighted by molar-refractivity contribution is 7.86. The van der Waals surface area contributed by atoms with Crippen molar-refractivity contribution >= 4 is 28.0 Å². The maximum absolute atomic E-state index is 12.5. The number of benzene rings is 1. The first-order valence-electron chi connectivity index (χ1n) is 9.32. The summed E-state index contributed by atoms with van der Waals surface area (Å²) < 4.78 is 45.7. The lowest BCUT2D eigenvalue weighted by Gasteiger charge is -2.43. The molecule has 31 heavy (non-hydrogen) atoms. The van der Waals surface area contributed by atoms with E-state index in [1.165, 1.54) is 19.1 Å². The van der Waals surface area contributed by atoms with E-state index in [-0.39, 0.29) is 4.90 Å². The average molecular weight is 459 g/mol. The summed E-state index contributed by atoms with van der Waals surface area (Å²) >= 11 is 0. The highest BCUT2D eigenvalue weighted by Gasteiger charge is 2.50. The van der Waals surface area contributed by atoms with E-state index < -0.39 is 65.2 Å². The number of hydrogen-bond donors (Lipinski definition) is 2. The zero-order valence-corrected chi connectivity index (χ0v) is 18.2. The Hall–Kier alpha value is -2.54. The number of aliphatic hydroxyl groups is 1. The van der Waals surface area contributed by atoms with E-state index in [9.17, 15) is 27.9 Å². The van der Waals surface area contributed by atoms with Gasteiger partial charge in [0.1, 0.15) is 12.1 Å². The smallest absolute Gasteiger partial charge is 0.303 e. The number of ether oxygens (including phenoxy) is 3. The topological polar surface area (TPSA) is 155 Å². The minimum absolute atomic E-state index is 0.105. The normalized spacial score (nSPS) is 26.0. The minimum Gasteiger partial charge on any atom is -0.456 e. The standard InChI is InChI=1S/C19H25NO10S/c1-10-5-7-14(8-6-10)31(25,26)27-9-15-17(28-12(3)22)18(29-13(4)23)16(19(24)30-15)20-11(2)21/h5-8,15-19,24H,9H2,1-4H3,(H,20,21)/t15-,16-,17+,18+,19+/m0/s1. The number of carbonyl (C=O) groups is 3. The zero-order valence-electron chi connectivity index (χ0n) is 17.4. The lowest BCUT2D eigenvalue weighted by Crippen LogP contribution is -2.66. The fraction of sp³-hybridized carbons (Fsp3) is 0.526. The lowest BCUT2D eigenvalue weighted by molar-refractivity contribution is -0.261. The highest BCUT2D eigenvalue weighted by atomic mass is 32.2. The van der Waals surface area contributed by atoms with Crippen molar-refractivity contribution in [2.75, 3.05) is 6.61 Å². The first kappa shape index (κ1) is 24.7. The molecule has 1 heterocycles. The van der Waals surface area contributed by atoms with Crippen LogP contribution >= 0.6 is 0 Å². The second kappa shape index (κ2) is 10.2. The number of rotatable bonds is 7. The minimum atomic E-state index is -4.20. The van der Waals surface area contributed by atoms with Crippen molar-refractivity contribution in [1.29, 1.82) is 0 Å². The van der Waals surface area contributed by atoms with Crippen molar-refractivity contribution in [3.05, 3.63) is 29.8 Å². The van der Waals surface area contributed by atoms with Gasteiger partial charge < -0.3 is 24.6 Å². The fourth-order valence-electron chi connectivity index (χ4n) is 3.04. The van der Waals surface area contributed by atoms with Crippen LogP contribution in [-0.2, 0) is 42.9 Å². The van der Waals surface area contributed by atoms with Crippen molar-refractivity contribution in [3.63, 3.8) is 0 Å². The number of aliphatic hydroxyl groups excluding tert-OH is 1. The van der Waals surface area contributed by atoms with Gasteiger partial charge in [-0.1, -0.05) is 17.7 Å². The Morgan fingerprint density at radius 3 is 2.10 bits per heavy atom. The quantitative estimate of drug-likeness (QED) is 0.413. The molecule has 1 saturated heterocycles. The second-order valence-electron chi connectivity index (χ2n) is 6.99. The second-order valence-corrected chi connectivity index (χ2v) is 8.61. The SMILES string of the molecule is CC(=O)N[C@H]1[C@@H](OC(C)=O)[C@H](OC(C)=O)[C@H](COS(=O)(=O)c2ccc(C)cc2)O[C@H]1O. The summed E-state index contributed by atoms with van der Waals surface area (Å²) in [5, 5.41) is 12.7. The number of amides is 1. The molecule has 0 unspecified atom stereocenters. The molecule has 1 aliphatic rings. The number of aryl methyl sites for hydroxylation is 1. The van der Waals surface area contributed by atoms with Crippen LogP contribution in [-0.4, -0.2) is 68.6 Å². The van der Waals surface area contributed by atoms with Gasteiger partial charge in [-0.25, -0.2) is 0 Å². The molecular formula is C19H25NO10S. The van der Waals surface area contributed by atoms with Crippen LogP contribution in [0.2, 0.25) is 0 Å². The maximum atomic E-state index is 12.5. The molecule has 1 aromatic rings. The maximum Gasteiger partial charge on any atom is 0.303 e. The van der Waals surface area contributed by atoms with E-state index in [4.69, 9.17) is 18.4 Å². The Labute approximate surface area is 179 Å². The predicted molar refractivity (Wildman–Crippen MR) is 104 cm³/mol. The number of hydrogen-bond acceptors (Lipinski definition) is 10. The van der Waals surface area contributed by atoms with Crippen LogP contribution in [0.3, 0.4) is 0 Å². The highest BCUT2D eigenvalue weighted by Crippen LogP contribution is 2.27. The van der Waals surface area contributed by atoms with E-state index in [1.807, 2.05) is 0 Å². The molecule has 172 valence electrons. The van der Waals surface area contributed by atoms with E-state index in [1.54, 1.807) is 19.1 Å². The molecule has 12 heteroatoms. The van der Waals surface area contributed by atoms with E-state index in [0.717, 1.165) is 19.4 Å². The van der Waals surface area contributed by atoms with Crippen LogP contribution < -0.4 is 5.32 Å². The number of nitrogens with one attached hydrogen (secondary N) is 1. The molecule has 1 fully saturated rings. The van der Waals surface area contributed by atoms with E-state index in [2.05, 4.69) is 5.32 Å². The van der Waals surface area contributed by atoms with Gasteiger partial charge >= 0.3 is 11.9 Å². The predicted octanol–water partition coefficient (Wildman–Crippen LogP) is -0.214. The molecule has 2 N–H and O–H groups in total. The van der Waals surface area contributed by atoms with Gasteiger partial charge in [-0.2, -0.15) is 8.42 Å². The third-order valence-corrected chi connectivity index (χ3v) is 5.63. The molecule has 1 aliphatic heterocycles. The first-order chi connectivity index (χ1) is 14.4. The molecule has 0 aliphatic carbocycles. The largest absolute Gasteiger partial charge is 0.456 e. The van der Waals surface area contributed by atoms with Gasteiger partial charge in [0.2, 0.25) is 5.91 Å². The molecule has 0 aromatic heterocycles. The molecule has 2 rings (SSSR count). The van der Waals surface area contributed by atoms with Crippen molar-refractivity contribution in [2.24, 2.45) is 0 Å². The Morgan fingerprint density at radius 2 is 1.58 bits per heavy atom. The number of carbonyl (C=O) groups excluding carboxylic acids is 3. The molecule has 0 bridgehead atoms. The van der Waals surface area contributed by atoms with Gasteiger partial charge in [-0.05, 0) is 19.1 Å². The van der Waals surface area contributed by atoms with Crippen molar-refractivity contribution in [2.45, 2.75) is 63.2 Å². The summed E-state index contributed by atoms with van der Waals surface area (Å²) in [5.41, 5.74) is 0.848. The molecule has 0 saturated carbocycles. The van der Waals surface area contributed by atoms with Gasteiger partial charge in [0.05, 0.1) is 11.5 Å². The molecule has 1 amide bonds. The third kappa shape index (κ3) is 6.72. The Bertz CT molecular complexity index is 914. The van der Waals surface area contributed by atoms with E-state index >= 15 is 0 Å². The molecule has 5 atom stereocenters. The molecular weight excluding hydrogens is 434 g/mol. The number of esters is 2. The van der Waals surface area contributed by atoms with Gasteiger partial charge in [0, 0.05) is 20.8 Å². The van der Waals surface area contributed by atoms with Crippen molar-refractivity contribution in [1.82, 2.24) is 5.32 Å². The van der Waals surface area contributed by atoms with Crippen LogP contribution in [0, 0.1) is 6.92 Å². The van der Waals surface area contributed by atoms with Crippen molar-refractivity contribution < 1.29 is 46.3 Å². The Kier molecular flexibility index (Phi) is 8.12. The van der Waals surface area contributed by atoms with Crippen LogP contribution in [0.5, 0.6) is 0 Å². The monoisotopic (exact) mass is 459 g/mol. The van der Waals surface area contributed by atoms with Crippen molar-refractivity contribution in [3.8, 4) is 0 Å². The van der Waals surface area contributed by atoms with Gasteiger partial charge in [0.25, 0.3) is 10.1 Å². The third-order valence-electron chi connectivity index (χ3n) is 4.34. The Morgan fingerprint density at radius 1 is 1.03 bits per heavy atom. The van der Waals surface area contributed by atoms with Crippen LogP contribution in [0.1, 0.15) is 26.3 Å². The summed E-state index contributed by atoms with van der Waals surface area (Å²) in [4.78, 5) is 34.6. The van der Waals surface area contributed by atoms with Gasteiger partial charge in [-0.15, -0.1) is 0 Å². The van der Waals surface area contributed by atoms with Crippen LogP contribution in [0.25, 0.3) is 0 Å². The molecule has 0 spiro atoms. The van der Waals surface area contributed by atoms with Gasteiger partial charge in [-0.3, -0.25) is 18.6 Å². The molecule has 0 radical (unpaired) electrons. The summed E-state index contributed by atoms with van der Waals surface area (Å²) in [5.74, 6) is -2.13. The summed E-state index contributed by atoms with van der Waals surface area (Å²) in [7, 11) is -4.20. The zero-order chi connectivity index (χ0) is 23.3. The lowest BCUT2D eigenvalue weighted by atomic mass is 9.96. The van der Waals surface area contributed by atoms with Gasteiger partial charge in [0.15, 0.2) is 18.5 Å².